The van der Waals surface area contributed by atoms with Gasteiger partial charge in [-0.2, -0.15) is 4.31 Å². The number of nitrogens with zero attached hydrogens (tertiary/aromatic N) is 3. The van der Waals surface area contributed by atoms with Crippen LogP contribution in [0.25, 0.3) is 0 Å². The van der Waals surface area contributed by atoms with Crippen molar-refractivity contribution in [2.75, 3.05) is 19.9 Å². The number of benzene rings is 1. The molecule has 0 radical (unpaired) electrons. The number of ether oxygens (including phenoxy) is 1. The maximum absolute atomic E-state index is 13.6. The van der Waals surface area contributed by atoms with Gasteiger partial charge in [-0.25, -0.2) is 17.8 Å². The first-order chi connectivity index (χ1) is 18.9. The monoisotopic (exact) mass is 577 g/mol. The van der Waals surface area contributed by atoms with Crippen LogP contribution in [0.1, 0.15) is 54.0 Å². The van der Waals surface area contributed by atoms with Gasteiger partial charge in [0, 0.05) is 33.2 Å². The molecule has 12 nitrogen and oxygen atoms in total. The van der Waals surface area contributed by atoms with E-state index in [9.17, 15) is 32.3 Å². The van der Waals surface area contributed by atoms with E-state index >= 15 is 0 Å². The fraction of sp³-hybridized carbons (Fsp3) is 0.538. The molecule has 1 saturated carbocycles. The third-order valence-electron chi connectivity index (χ3n) is 8.20. The largest absolute Gasteiger partial charge is 0.501 e. The van der Waals surface area contributed by atoms with Crippen LogP contribution in [0.3, 0.4) is 0 Å². The highest BCUT2D eigenvalue weighted by molar-refractivity contribution is 7.88. The number of sulfonamides is 1. The molecule has 216 valence electrons. The molecule has 1 aliphatic carbocycles. The lowest BCUT2D eigenvalue weighted by Gasteiger charge is -2.38. The number of hydrogen-bond acceptors (Lipinski definition) is 8. The number of aromatic nitrogens is 2. The second kappa shape index (κ2) is 10.6. The van der Waals surface area contributed by atoms with Gasteiger partial charge in [0.15, 0.2) is 5.69 Å². The molecular formula is C26H32FN5O7S. The van der Waals surface area contributed by atoms with Crippen LogP contribution in [0.5, 0.6) is 5.75 Å². The molecule has 2 bridgehead atoms. The Balaban J connectivity index is 1.48. The van der Waals surface area contributed by atoms with Gasteiger partial charge in [0.2, 0.25) is 21.7 Å². The normalized spacial score (nSPS) is 26.2. The Kier molecular flexibility index (Phi) is 7.44. The summed E-state index contributed by atoms with van der Waals surface area (Å²) in [5.41, 5.74) is -1.81. The van der Waals surface area contributed by atoms with Crippen LogP contribution in [0.2, 0.25) is 0 Å². The van der Waals surface area contributed by atoms with E-state index < -0.39 is 62.3 Å². The summed E-state index contributed by atoms with van der Waals surface area (Å²) in [7, 11) is -2.26. The van der Waals surface area contributed by atoms with Gasteiger partial charge in [-0.3, -0.25) is 19.0 Å². The molecular weight excluding hydrogens is 545 g/mol. The van der Waals surface area contributed by atoms with Crippen LogP contribution >= 0.6 is 0 Å². The molecule has 0 spiro atoms. The second-order valence-electron chi connectivity index (χ2n) is 10.8. The van der Waals surface area contributed by atoms with Crippen LogP contribution in [0, 0.1) is 11.7 Å². The van der Waals surface area contributed by atoms with E-state index in [2.05, 4.69) is 15.6 Å². The summed E-state index contributed by atoms with van der Waals surface area (Å²) >= 11 is 0. The number of halogens is 1. The van der Waals surface area contributed by atoms with Gasteiger partial charge in [-0.15, -0.1) is 0 Å². The molecule has 1 aromatic heterocycles. The highest BCUT2D eigenvalue weighted by Crippen LogP contribution is 2.43. The van der Waals surface area contributed by atoms with Crippen LogP contribution in [-0.2, 0) is 38.2 Å². The Bertz CT molecular complexity index is 1490. The van der Waals surface area contributed by atoms with Gasteiger partial charge in [0.05, 0.1) is 17.9 Å². The molecule has 40 heavy (non-hydrogen) atoms. The molecule has 4 heterocycles. The lowest BCUT2D eigenvalue weighted by atomic mass is 9.77. The zero-order chi connectivity index (χ0) is 28.8. The average Bonchev–Trinajstić information content (AvgIpc) is 3.25. The summed E-state index contributed by atoms with van der Waals surface area (Å²) in [6.07, 6.45) is 2.94. The van der Waals surface area contributed by atoms with Crippen molar-refractivity contribution >= 4 is 21.8 Å². The number of carbonyl (C=O) groups excluding carboxylic acids is 2. The number of nitrogens with one attached hydrogen (secondary N) is 2. The number of hydrogen-bond donors (Lipinski definition) is 3. The van der Waals surface area contributed by atoms with Crippen molar-refractivity contribution in [3.8, 4) is 5.75 Å². The predicted molar refractivity (Wildman–Crippen MR) is 140 cm³/mol. The Morgan fingerprint density at radius 2 is 1.88 bits per heavy atom. The Morgan fingerprint density at radius 3 is 2.50 bits per heavy atom. The van der Waals surface area contributed by atoms with E-state index in [1.54, 1.807) is 0 Å². The standard InChI is InChI=1S/C26H32FN5O7S/c1-39-18-11-19(32(14-18)40(2,37)38)22(34)30-26-9-7-16(8-10-26)13-31-24(36)21(33)20(29-25(26)31)23(35)28-12-15-3-5-17(27)6-4-15/h3-6,16,18-19,33H,7-14H2,1-2H3,(H,28,35)(H,30,34)/t16?,18-,19-,26?/m0/s1. The van der Waals surface area contributed by atoms with Gasteiger partial charge >= 0.3 is 0 Å². The molecule has 1 saturated heterocycles. The van der Waals surface area contributed by atoms with Crippen molar-refractivity contribution in [2.24, 2.45) is 5.92 Å². The second-order valence-corrected chi connectivity index (χ2v) is 12.7. The fourth-order valence-electron chi connectivity index (χ4n) is 5.98. The van der Waals surface area contributed by atoms with E-state index in [1.807, 2.05) is 0 Å². The molecule has 2 atom stereocenters. The van der Waals surface area contributed by atoms with E-state index in [1.165, 1.54) is 35.9 Å². The lowest BCUT2D eigenvalue weighted by molar-refractivity contribution is -0.127. The van der Waals surface area contributed by atoms with Crippen LogP contribution in [-0.4, -0.2) is 71.3 Å². The van der Waals surface area contributed by atoms with Crippen molar-refractivity contribution < 1.29 is 32.2 Å². The molecule has 2 aromatic rings. The van der Waals surface area contributed by atoms with Crippen molar-refractivity contribution in [1.82, 2.24) is 24.5 Å². The van der Waals surface area contributed by atoms with Gasteiger partial charge in [-0.05, 0) is 49.3 Å². The minimum absolute atomic E-state index is 0.00623. The summed E-state index contributed by atoms with van der Waals surface area (Å²) in [6, 6.07) is 4.48. The topological polar surface area (TPSA) is 160 Å². The molecule has 14 heteroatoms. The van der Waals surface area contributed by atoms with Gasteiger partial charge in [0.25, 0.3) is 11.5 Å². The minimum atomic E-state index is -3.71. The van der Waals surface area contributed by atoms with Crippen LogP contribution in [0.15, 0.2) is 29.1 Å². The van der Waals surface area contributed by atoms with E-state index in [0.717, 1.165) is 10.6 Å². The number of aromatic hydroxyl groups is 1. The zero-order valence-corrected chi connectivity index (χ0v) is 23.0. The van der Waals surface area contributed by atoms with Gasteiger partial charge in [0.1, 0.15) is 17.7 Å². The number of amides is 2. The maximum Gasteiger partial charge on any atom is 0.296 e. The van der Waals surface area contributed by atoms with Crippen molar-refractivity contribution in [1.29, 1.82) is 0 Å². The zero-order valence-electron chi connectivity index (χ0n) is 22.2. The smallest absolute Gasteiger partial charge is 0.296 e. The molecule has 3 aliphatic heterocycles. The Labute approximate surface area is 230 Å². The van der Waals surface area contributed by atoms with Crippen molar-refractivity contribution in [3.05, 3.63) is 57.5 Å². The highest BCUT2D eigenvalue weighted by Gasteiger charge is 2.49. The summed E-state index contributed by atoms with van der Waals surface area (Å²) in [4.78, 5) is 44.5. The van der Waals surface area contributed by atoms with Crippen molar-refractivity contribution in [3.63, 3.8) is 0 Å². The van der Waals surface area contributed by atoms with Crippen LogP contribution in [0.4, 0.5) is 4.39 Å². The van der Waals surface area contributed by atoms with Crippen molar-refractivity contribution in [2.45, 2.75) is 62.9 Å². The Hall–Kier alpha value is -3.36. The molecule has 1 aromatic carbocycles. The molecule has 3 N–H and O–H groups in total. The third-order valence-corrected chi connectivity index (χ3v) is 9.45. The third kappa shape index (κ3) is 5.22. The first-order valence-corrected chi connectivity index (χ1v) is 15.0. The summed E-state index contributed by atoms with van der Waals surface area (Å²) in [6.45, 7) is 0.323. The molecule has 2 amide bonds. The van der Waals surface area contributed by atoms with E-state index in [0.29, 0.717) is 31.2 Å². The number of methoxy groups -OCH3 is 1. The predicted octanol–water partition coefficient (Wildman–Crippen LogP) is 0.582. The fourth-order valence-corrected chi connectivity index (χ4v) is 7.07. The number of carbonyl (C=O) groups is 2. The van der Waals surface area contributed by atoms with Crippen LogP contribution < -0.4 is 16.2 Å². The molecule has 4 aliphatic rings. The van der Waals surface area contributed by atoms with Gasteiger partial charge < -0.3 is 20.5 Å². The summed E-state index contributed by atoms with van der Waals surface area (Å²) < 4.78 is 45.9. The number of rotatable bonds is 7. The van der Waals surface area contributed by atoms with Gasteiger partial charge in [-0.1, -0.05) is 12.1 Å². The molecule has 6 rings (SSSR count). The average molecular weight is 578 g/mol. The maximum atomic E-state index is 13.6. The summed E-state index contributed by atoms with van der Waals surface area (Å²) in [5, 5.41) is 16.3. The lowest BCUT2D eigenvalue weighted by Crippen LogP contribution is -2.55. The first-order valence-electron chi connectivity index (χ1n) is 13.1. The Morgan fingerprint density at radius 1 is 1.20 bits per heavy atom. The SMILES string of the molecule is CO[C@H]1C[C@@H](C(=O)NC23CCC(CC2)Cn2c3nc(C(=O)NCc3ccc(F)cc3)c(O)c2=O)N(S(C)(=O)=O)C1. The molecule has 0 unspecified atom stereocenters. The first kappa shape index (κ1) is 28.2. The number of fused-ring (bicyclic) bond motifs is 2. The van der Waals surface area contributed by atoms with E-state index in [-0.39, 0.29) is 37.8 Å². The highest BCUT2D eigenvalue weighted by atomic mass is 32.2. The quantitative estimate of drug-likeness (QED) is 0.431. The molecule has 2 fully saturated rings. The van der Waals surface area contributed by atoms with E-state index in [4.69, 9.17) is 4.74 Å². The summed E-state index contributed by atoms with van der Waals surface area (Å²) in [5.74, 6) is -2.30. The minimum Gasteiger partial charge on any atom is -0.501 e.